The van der Waals surface area contributed by atoms with Crippen LogP contribution < -0.4 is 4.72 Å². The van der Waals surface area contributed by atoms with Gasteiger partial charge in [-0.25, -0.2) is 14.0 Å². The third kappa shape index (κ3) is 3.32. The second-order valence-corrected chi connectivity index (χ2v) is 4.41. The number of anilines is 1. The average molecular weight is 201 g/mol. The second-order valence-electron chi connectivity index (χ2n) is 2.45. The van der Waals surface area contributed by atoms with Gasteiger partial charge in [0.2, 0.25) is 0 Å². The quantitative estimate of drug-likeness (QED) is 0.748. The molecule has 0 aliphatic heterocycles. The summed E-state index contributed by atoms with van der Waals surface area (Å²) < 4.78 is 21.2. The molecule has 1 heterocycles. The maximum atomic E-state index is 11.4. The van der Waals surface area contributed by atoms with Crippen molar-refractivity contribution in [1.82, 2.24) is 15.2 Å². The van der Waals surface area contributed by atoms with Gasteiger partial charge in [-0.3, -0.25) is 4.72 Å². The molecule has 0 spiro atoms. The molecular weight excluding hydrogens is 190 g/mol. The van der Waals surface area contributed by atoms with Crippen LogP contribution in [0, 0.1) is 4.78 Å². The molecule has 0 aliphatic carbocycles. The topological polar surface area (TPSA) is 91.6 Å². The summed E-state index contributed by atoms with van der Waals surface area (Å²) >= 11 is 0. The third-order valence-electron chi connectivity index (χ3n) is 1.23. The molecule has 1 aromatic rings. The highest BCUT2D eigenvalue weighted by Crippen LogP contribution is 2.00. The molecule has 0 bridgehead atoms. The minimum atomic E-state index is -2.80. The lowest BCUT2D eigenvalue weighted by atomic mass is 10.6. The van der Waals surface area contributed by atoms with E-state index in [4.69, 9.17) is 4.78 Å². The molecule has 1 aromatic heterocycles. The SMILES string of the molecule is CCCS(=N)(=O)Nc1nccnn1. The van der Waals surface area contributed by atoms with Crippen LogP contribution in [0.15, 0.2) is 12.4 Å². The van der Waals surface area contributed by atoms with Crippen molar-refractivity contribution < 1.29 is 4.21 Å². The van der Waals surface area contributed by atoms with E-state index in [1.54, 1.807) is 0 Å². The van der Waals surface area contributed by atoms with E-state index < -0.39 is 9.92 Å². The van der Waals surface area contributed by atoms with Gasteiger partial charge in [-0.15, -0.1) is 5.10 Å². The average Bonchev–Trinajstić information content (AvgIpc) is 2.04. The summed E-state index contributed by atoms with van der Waals surface area (Å²) in [4.78, 5) is 3.76. The van der Waals surface area contributed by atoms with Gasteiger partial charge in [0.15, 0.2) is 0 Å². The predicted octanol–water partition coefficient (Wildman–Crippen LogP) is 0.655. The fourth-order valence-electron chi connectivity index (χ4n) is 0.780. The van der Waals surface area contributed by atoms with E-state index in [9.17, 15) is 4.21 Å². The Morgan fingerprint density at radius 3 is 2.92 bits per heavy atom. The molecule has 0 aromatic carbocycles. The number of hydrogen-bond donors (Lipinski definition) is 2. The van der Waals surface area contributed by atoms with E-state index in [0.29, 0.717) is 6.42 Å². The minimum absolute atomic E-state index is 0.135. The summed E-state index contributed by atoms with van der Waals surface area (Å²) in [6, 6.07) is 0. The van der Waals surface area contributed by atoms with Crippen LogP contribution in [0.1, 0.15) is 13.3 Å². The predicted molar refractivity (Wildman–Crippen MR) is 49.5 cm³/mol. The Labute approximate surface area is 76.9 Å². The molecular formula is C6H11N5OS. The van der Waals surface area contributed by atoms with E-state index in [-0.39, 0.29) is 11.7 Å². The van der Waals surface area contributed by atoms with Crippen LogP contribution in [0.25, 0.3) is 0 Å². The van der Waals surface area contributed by atoms with Crippen molar-refractivity contribution >= 4 is 15.9 Å². The van der Waals surface area contributed by atoms with Crippen LogP contribution in [0.5, 0.6) is 0 Å². The summed E-state index contributed by atoms with van der Waals surface area (Å²) in [5, 5.41) is 7.12. The molecule has 0 saturated carbocycles. The van der Waals surface area contributed by atoms with Crippen molar-refractivity contribution in [3.05, 3.63) is 12.4 Å². The first-order valence-electron chi connectivity index (χ1n) is 3.82. The number of rotatable bonds is 4. The summed E-state index contributed by atoms with van der Waals surface area (Å²) in [5.41, 5.74) is 0. The standard InChI is InChI=1S/C6H11N5OS/c1-2-5-13(7,12)11-6-8-3-4-9-10-6/h3-4H,2,5H2,1H3,(H2,7,8,10,11,12). The molecule has 72 valence electrons. The molecule has 1 rings (SSSR count). The fourth-order valence-corrected chi connectivity index (χ4v) is 1.85. The maximum absolute atomic E-state index is 11.4. The zero-order valence-corrected chi connectivity index (χ0v) is 8.04. The monoisotopic (exact) mass is 201 g/mol. The number of hydrogen-bond acceptors (Lipinski definition) is 5. The summed E-state index contributed by atoms with van der Waals surface area (Å²) in [6.07, 6.45) is 3.52. The van der Waals surface area contributed by atoms with Crippen molar-refractivity contribution in [2.45, 2.75) is 13.3 Å². The van der Waals surface area contributed by atoms with Crippen LogP contribution in [0.4, 0.5) is 5.95 Å². The molecule has 1 atom stereocenters. The Balaban J connectivity index is 2.70. The smallest absolute Gasteiger partial charge is 0.255 e. The second kappa shape index (κ2) is 4.13. The van der Waals surface area contributed by atoms with E-state index in [0.717, 1.165) is 0 Å². The van der Waals surface area contributed by atoms with Crippen LogP contribution >= 0.6 is 0 Å². The zero-order valence-electron chi connectivity index (χ0n) is 7.23. The van der Waals surface area contributed by atoms with Gasteiger partial charge in [-0.05, 0) is 6.42 Å². The lowest BCUT2D eigenvalue weighted by molar-refractivity contribution is 0.676. The van der Waals surface area contributed by atoms with E-state index in [2.05, 4.69) is 19.9 Å². The number of aromatic nitrogens is 3. The number of nitrogens with zero attached hydrogens (tertiary/aromatic N) is 3. The fraction of sp³-hybridized carbons (Fsp3) is 0.500. The largest absolute Gasteiger partial charge is 0.266 e. The van der Waals surface area contributed by atoms with Gasteiger partial charge >= 0.3 is 0 Å². The van der Waals surface area contributed by atoms with Gasteiger partial charge in [-0.1, -0.05) is 6.92 Å². The van der Waals surface area contributed by atoms with E-state index in [1.807, 2.05) is 6.92 Å². The van der Waals surface area contributed by atoms with Crippen LogP contribution in [0.2, 0.25) is 0 Å². The van der Waals surface area contributed by atoms with Crippen molar-refractivity contribution in [3.63, 3.8) is 0 Å². The van der Waals surface area contributed by atoms with Gasteiger partial charge in [0.05, 0.1) is 18.1 Å². The summed E-state index contributed by atoms with van der Waals surface area (Å²) in [5.74, 6) is 0.418. The Morgan fingerprint density at radius 1 is 1.62 bits per heavy atom. The number of nitrogens with one attached hydrogen (secondary N) is 2. The first-order valence-corrected chi connectivity index (χ1v) is 5.54. The van der Waals surface area contributed by atoms with Crippen molar-refractivity contribution in [1.29, 1.82) is 4.78 Å². The first kappa shape index (κ1) is 9.85. The zero-order chi connectivity index (χ0) is 9.73. The maximum Gasteiger partial charge on any atom is 0.255 e. The van der Waals surface area contributed by atoms with Crippen molar-refractivity contribution in [2.24, 2.45) is 0 Å². The Bertz CT molecular complexity index is 349. The van der Waals surface area contributed by atoms with Crippen LogP contribution in [-0.2, 0) is 9.92 Å². The lowest BCUT2D eigenvalue weighted by Gasteiger charge is -2.06. The highest BCUT2D eigenvalue weighted by atomic mass is 32.2. The molecule has 13 heavy (non-hydrogen) atoms. The van der Waals surface area contributed by atoms with Gasteiger partial charge in [0.25, 0.3) is 5.95 Å². The Kier molecular flexibility index (Phi) is 3.13. The van der Waals surface area contributed by atoms with Crippen molar-refractivity contribution in [3.8, 4) is 0 Å². The molecule has 0 saturated heterocycles. The van der Waals surface area contributed by atoms with Gasteiger partial charge in [-0.2, -0.15) is 5.10 Å². The van der Waals surface area contributed by atoms with E-state index in [1.165, 1.54) is 12.4 Å². The van der Waals surface area contributed by atoms with Gasteiger partial charge in [0, 0.05) is 0 Å². The Morgan fingerprint density at radius 2 is 2.38 bits per heavy atom. The molecule has 0 amide bonds. The van der Waals surface area contributed by atoms with Gasteiger partial charge in [0.1, 0.15) is 9.92 Å². The highest BCUT2D eigenvalue weighted by Gasteiger charge is 2.05. The summed E-state index contributed by atoms with van der Waals surface area (Å²) in [6.45, 7) is 1.86. The van der Waals surface area contributed by atoms with Gasteiger partial charge < -0.3 is 0 Å². The van der Waals surface area contributed by atoms with Crippen LogP contribution in [0.3, 0.4) is 0 Å². The molecule has 0 fully saturated rings. The van der Waals surface area contributed by atoms with Crippen LogP contribution in [-0.4, -0.2) is 25.1 Å². The molecule has 7 heteroatoms. The molecule has 1 unspecified atom stereocenters. The third-order valence-corrected chi connectivity index (χ3v) is 2.73. The molecule has 6 nitrogen and oxygen atoms in total. The summed E-state index contributed by atoms with van der Waals surface area (Å²) in [7, 11) is -2.80. The Hall–Kier alpha value is -1.24. The lowest BCUT2D eigenvalue weighted by Crippen LogP contribution is -2.16. The molecule has 2 N–H and O–H groups in total. The minimum Gasteiger partial charge on any atom is -0.266 e. The molecule has 0 aliphatic rings. The first-order chi connectivity index (χ1) is 6.14. The highest BCUT2D eigenvalue weighted by molar-refractivity contribution is 7.93. The normalized spacial score (nSPS) is 14.8. The van der Waals surface area contributed by atoms with E-state index >= 15 is 0 Å². The molecule has 0 radical (unpaired) electrons. The van der Waals surface area contributed by atoms with Crippen molar-refractivity contribution in [2.75, 3.05) is 10.5 Å².